The number of rotatable bonds is 9. The van der Waals surface area contributed by atoms with Crippen LogP contribution in [0.15, 0.2) is 91.4 Å². The molecule has 0 radical (unpaired) electrons. The van der Waals surface area contributed by atoms with E-state index in [4.69, 9.17) is 9.97 Å². The number of hydrogen-bond donors (Lipinski definition) is 3. The van der Waals surface area contributed by atoms with Crippen molar-refractivity contribution in [1.82, 2.24) is 40.1 Å². The minimum absolute atomic E-state index is 0.582. The van der Waals surface area contributed by atoms with E-state index < -0.39 is 0 Å². The van der Waals surface area contributed by atoms with Crippen molar-refractivity contribution < 1.29 is 0 Å². The number of nitrogens with zero attached hydrogens (tertiary/aromatic N) is 5. The van der Waals surface area contributed by atoms with Crippen LogP contribution in [0.4, 0.5) is 0 Å². The van der Waals surface area contributed by atoms with E-state index in [1.54, 1.807) is 10.8 Å². The number of imidazole rings is 1. The Labute approximate surface area is 228 Å². The van der Waals surface area contributed by atoms with E-state index in [0.717, 1.165) is 46.4 Å². The highest BCUT2D eigenvalue weighted by Gasteiger charge is 2.16. The van der Waals surface area contributed by atoms with Gasteiger partial charge in [0.15, 0.2) is 13.6 Å². The van der Waals surface area contributed by atoms with Gasteiger partial charge in [0, 0.05) is 30.5 Å². The lowest BCUT2D eigenvalue weighted by Gasteiger charge is -2.12. The molecule has 0 aliphatic heterocycles. The van der Waals surface area contributed by atoms with Gasteiger partial charge in [-0.15, -0.1) is 0 Å². The Morgan fingerprint density at radius 2 is 1.77 bits per heavy atom. The molecule has 0 aliphatic carbocycles. The average Bonchev–Trinajstić information content (AvgIpc) is 3.61. The first-order chi connectivity index (χ1) is 19.2. The lowest BCUT2D eigenvalue weighted by molar-refractivity contribution is 0.670. The molecule has 9 heteroatoms. The van der Waals surface area contributed by atoms with E-state index in [1.165, 1.54) is 22.3 Å². The summed E-state index contributed by atoms with van der Waals surface area (Å²) in [5.41, 5.74) is 10.2. The maximum atomic E-state index is 4.98. The van der Waals surface area contributed by atoms with Crippen molar-refractivity contribution in [2.24, 2.45) is 0 Å². The zero-order valence-corrected chi connectivity index (χ0v) is 22.0. The number of aryl methyl sites for hydroxylation is 1. The third-order valence-corrected chi connectivity index (χ3v) is 6.69. The average molecular weight is 512 g/mol. The van der Waals surface area contributed by atoms with Gasteiger partial charge in [0.25, 0.3) is 0 Å². The minimum Gasteiger partial charge on any atom is -0.358 e. The van der Waals surface area contributed by atoms with Gasteiger partial charge >= 0.3 is 0 Å². The zero-order valence-electron chi connectivity index (χ0n) is 22.0. The fourth-order valence-electron chi connectivity index (χ4n) is 4.86. The highest BCUT2D eigenvalue weighted by molar-refractivity contribution is 6.04. The highest BCUT2D eigenvalue weighted by Crippen LogP contribution is 2.30. The standard InChI is InChI=1S/C30H29BN8/c1-20-6-4-11-26(36-20)30-29(24-12-13-28-33-19-35-39(28)18-24)37-27(38-30)17-32-16-23-8-2-3-10-25(23)22-9-5-7-21(14-22)15-34-31/h2-14,18-19,32,34H,15-17,31H2,1H3,(H,37,38). The van der Waals surface area contributed by atoms with Crippen LogP contribution in [0.3, 0.4) is 0 Å². The topological polar surface area (TPSA) is 95.8 Å². The quantitative estimate of drug-likeness (QED) is 0.253. The summed E-state index contributed by atoms with van der Waals surface area (Å²) in [6.07, 6.45) is 3.52. The molecule has 0 atom stereocenters. The fraction of sp³-hybridized carbons (Fsp3) is 0.133. The molecule has 6 rings (SSSR count). The molecule has 0 saturated carbocycles. The van der Waals surface area contributed by atoms with Gasteiger partial charge in [-0.1, -0.05) is 48.5 Å². The van der Waals surface area contributed by atoms with Crippen LogP contribution in [-0.2, 0) is 19.6 Å². The van der Waals surface area contributed by atoms with Crippen LogP contribution in [0.25, 0.3) is 39.4 Å². The van der Waals surface area contributed by atoms with Crippen LogP contribution in [0.5, 0.6) is 0 Å². The van der Waals surface area contributed by atoms with Crippen molar-refractivity contribution in [3.8, 4) is 33.8 Å². The van der Waals surface area contributed by atoms with Gasteiger partial charge in [0.2, 0.25) is 0 Å². The van der Waals surface area contributed by atoms with E-state index in [-0.39, 0.29) is 0 Å². The second kappa shape index (κ2) is 11.0. The smallest absolute Gasteiger partial charge is 0.182 e. The summed E-state index contributed by atoms with van der Waals surface area (Å²) in [5, 5.41) is 11.1. The van der Waals surface area contributed by atoms with E-state index in [2.05, 4.69) is 74.1 Å². The van der Waals surface area contributed by atoms with Crippen LogP contribution >= 0.6 is 0 Å². The summed E-state index contributed by atoms with van der Waals surface area (Å²) in [6.45, 7) is 4.13. The second-order valence-electron chi connectivity index (χ2n) is 9.54. The van der Waals surface area contributed by atoms with Gasteiger partial charge in [-0.3, -0.25) is 4.98 Å². The highest BCUT2D eigenvalue weighted by atomic mass is 15.3. The van der Waals surface area contributed by atoms with Crippen LogP contribution in [-0.4, -0.2) is 37.5 Å². The Morgan fingerprint density at radius 1 is 0.872 bits per heavy atom. The van der Waals surface area contributed by atoms with Crippen molar-refractivity contribution in [2.45, 2.75) is 26.6 Å². The van der Waals surface area contributed by atoms with Crippen molar-refractivity contribution >= 4 is 13.6 Å². The van der Waals surface area contributed by atoms with E-state index in [1.807, 2.05) is 51.4 Å². The molecule has 4 heterocycles. The third-order valence-electron chi connectivity index (χ3n) is 6.69. The van der Waals surface area contributed by atoms with Crippen molar-refractivity contribution in [2.75, 3.05) is 0 Å². The Morgan fingerprint density at radius 3 is 2.67 bits per heavy atom. The first-order valence-electron chi connectivity index (χ1n) is 13.0. The third kappa shape index (κ3) is 5.36. The van der Waals surface area contributed by atoms with Crippen LogP contribution < -0.4 is 10.5 Å². The van der Waals surface area contributed by atoms with Crippen LogP contribution in [0.1, 0.15) is 22.6 Å². The maximum Gasteiger partial charge on any atom is 0.182 e. The summed E-state index contributed by atoms with van der Waals surface area (Å²) >= 11 is 0. The van der Waals surface area contributed by atoms with Gasteiger partial charge in [-0.25, -0.2) is 14.5 Å². The van der Waals surface area contributed by atoms with Gasteiger partial charge in [-0.05, 0) is 59.5 Å². The predicted molar refractivity (Wildman–Crippen MR) is 156 cm³/mol. The van der Waals surface area contributed by atoms with Gasteiger partial charge in [0.05, 0.1) is 17.9 Å². The second-order valence-corrected chi connectivity index (χ2v) is 9.54. The van der Waals surface area contributed by atoms with E-state index >= 15 is 0 Å². The molecule has 0 fully saturated rings. The Balaban J connectivity index is 1.27. The number of pyridine rings is 2. The molecule has 2 aromatic carbocycles. The summed E-state index contributed by atoms with van der Waals surface area (Å²) in [4.78, 5) is 17.5. The Hall–Kier alpha value is -4.60. The van der Waals surface area contributed by atoms with Gasteiger partial charge in [-0.2, -0.15) is 5.10 Å². The molecule has 4 aromatic heterocycles. The molecule has 8 nitrogen and oxygen atoms in total. The van der Waals surface area contributed by atoms with E-state index in [9.17, 15) is 0 Å². The molecular formula is C30H29BN8. The number of aromatic amines is 1. The number of fused-ring (bicyclic) bond motifs is 1. The Bertz CT molecular complexity index is 1740. The number of benzene rings is 2. The van der Waals surface area contributed by atoms with Gasteiger partial charge in [0.1, 0.15) is 17.8 Å². The molecule has 0 spiro atoms. The SMILES string of the molecule is BNCc1cccc(-c2ccccc2CNCc2nc(-c3cccc(C)n3)c(-c3ccc4ncnn4c3)[nH]2)c1. The summed E-state index contributed by atoms with van der Waals surface area (Å²) in [7, 11) is 1.97. The summed E-state index contributed by atoms with van der Waals surface area (Å²) in [6, 6.07) is 27.2. The predicted octanol–water partition coefficient (Wildman–Crippen LogP) is 4.08. The number of hydrogen-bond acceptors (Lipinski definition) is 6. The number of H-pyrrole nitrogens is 1. The molecule has 192 valence electrons. The first-order valence-corrected chi connectivity index (χ1v) is 13.0. The zero-order chi connectivity index (χ0) is 26.6. The van der Waals surface area contributed by atoms with Crippen LogP contribution in [0.2, 0.25) is 0 Å². The number of aromatic nitrogens is 6. The normalized spacial score (nSPS) is 11.3. The van der Waals surface area contributed by atoms with Crippen molar-refractivity contribution in [3.63, 3.8) is 0 Å². The molecule has 3 N–H and O–H groups in total. The molecule has 0 amide bonds. The number of nitrogens with one attached hydrogen (secondary N) is 3. The monoisotopic (exact) mass is 512 g/mol. The lowest BCUT2D eigenvalue weighted by Crippen LogP contribution is -2.14. The summed E-state index contributed by atoms with van der Waals surface area (Å²) in [5.74, 6) is 0.843. The molecule has 0 unspecified atom stereocenters. The van der Waals surface area contributed by atoms with E-state index in [0.29, 0.717) is 13.1 Å². The molecule has 0 saturated heterocycles. The maximum absolute atomic E-state index is 4.98. The minimum atomic E-state index is 0.582. The molecule has 0 aliphatic rings. The Kier molecular flexibility index (Phi) is 6.99. The van der Waals surface area contributed by atoms with Crippen LogP contribution in [0, 0.1) is 6.92 Å². The largest absolute Gasteiger partial charge is 0.358 e. The van der Waals surface area contributed by atoms with Crippen molar-refractivity contribution in [3.05, 3.63) is 114 Å². The summed E-state index contributed by atoms with van der Waals surface area (Å²) < 4.78 is 1.77. The fourth-order valence-corrected chi connectivity index (χ4v) is 4.86. The van der Waals surface area contributed by atoms with Crippen molar-refractivity contribution in [1.29, 1.82) is 0 Å². The molecular weight excluding hydrogens is 483 g/mol. The first kappa shape index (κ1) is 24.7. The molecule has 39 heavy (non-hydrogen) atoms. The lowest BCUT2D eigenvalue weighted by atomic mass is 9.98. The molecule has 6 aromatic rings. The molecule has 0 bridgehead atoms. The van der Waals surface area contributed by atoms with Gasteiger partial charge < -0.3 is 15.5 Å².